The predicted molar refractivity (Wildman–Crippen MR) is 108 cm³/mol. The van der Waals surface area contributed by atoms with E-state index in [9.17, 15) is 0 Å². The van der Waals surface area contributed by atoms with E-state index in [1.54, 1.807) is 0 Å². The molecule has 140 valence electrons. The van der Waals surface area contributed by atoms with Gasteiger partial charge >= 0.3 is 0 Å². The lowest BCUT2D eigenvalue weighted by atomic mass is 9.70. The van der Waals surface area contributed by atoms with Crippen LogP contribution in [0.15, 0.2) is 23.9 Å². The van der Waals surface area contributed by atoms with Crippen LogP contribution in [0.25, 0.3) is 0 Å². The third kappa shape index (κ3) is 4.65. The summed E-state index contributed by atoms with van der Waals surface area (Å²) < 4.78 is 0. The Morgan fingerprint density at radius 2 is 1.92 bits per heavy atom. The van der Waals surface area contributed by atoms with Crippen molar-refractivity contribution in [1.29, 1.82) is 0 Å². The lowest BCUT2D eigenvalue weighted by molar-refractivity contribution is 0.0756. The summed E-state index contributed by atoms with van der Waals surface area (Å²) in [5.74, 6) is 1.40. The number of nitrogens with zero attached hydrogens (tertiary/aromatic N) is 1. The van der Waals surface area contributed by atoms with Crippen molar-refractivity contribution >= 4 is 0 Å². The van der Waals surface area contributed by atoms with Crippen LogP contribution >= 0.6 is 0 Å². The first-order chi connectivity index (χ1) is 11.2. The highest BCUT2D eigenvalue weighted by Gasteiger charge is 2.41. The maximum Gasteiger partial charge on any atom is 0.0556 e. The van der Waals surface area contributed by atoms with Crippen molar-refractivity contribution < 1.29 is 0 Å². The van der Waals surface area contributed by atoms with Gasteiger partial charge in [0.25, 0.3) is 0 Å². The number of hydrogen-bond donors (Lipinski definition) is 1. The molecule has 1 heterocycles. The quantitative estimate of drug-likeness (QED) is 0.544. The molecule has 0 bridgehead atoms. The van der Waals surface area contributed by atoms with E-state index in [-0.39, 0.29) is 5.41 Å². The lowest BCUT2D eigenvalue weighted by Crippen LogP contribution is -2.54. The summed E-state index contributed by atoms with van der Waals surface area (Å²) in [5.41, 5.74) is 9.27. The van der Waals surface area contributed by atoms with Crippen LogP contribution in [-0.2, 0) is 0 Å². The van der Waals surface area contributed by atoms with Crippen molar-refractivity contribution in [3.8, 4) is 0 Å². The lowest BCUT2D eigenvalue weighted by Gasteiger charge is -2.52. The Hall–Kier alpha value is -0.760. The van der Waals surface area contributed by atoms with Gasteiger partial charge in [-0.1, -0.05) is 66.2 Å². The van der Waals surface area contributed by atoms with Crippen LogP contribution in [-0.4, -0.2) is 23.5 Å². The summed E-state index contributed by atoms with van der Waals surface area (Å²) in [4.78, 5) is 2.64. The van der Waals surface area contributed by atoms with Crippen LogP contribution < -0.4 is 5.73 Å². The Morgan fingerprint density at radius 1 is 1.29 bits per heavy atom. The van der Waals surface area contributed by atoms with Gasteiger partial charge in [-0.2, -0.15) is 0 Å². The van der Waals surface area contributed by atoms with E-state index in [1.165, 1.54) is 30.5 Å². The van der Waals surface area contributed by atoms with Crippen LogP contribution in [0.4, 0.5) is 0 Å². The molecule has 2 N–H and O–H groups in total. The molecule has 1 aliphatic heterocycles. The maximum absolute atomic E-state index is 6.12. The second-order valence-electron chi connectivity index (χ2n) is 8.64. The zero-order chi connectivity index (χ0) is 18.5. The van der Waals surface area contributed by atoms with E-state index in [0.29, 0.717) is 30.5 Å². The molecule has 1 aliphatic rings. The average Bonchev–Trinajstić information content (AvgIpc) is 2.55. The molecule has 2 nitrogen and oxygen atoms in total. The molecule has 0 saturated carbocycles. The first-order valence-corrected chi connectivity index (χ1v) is 10.1. The average molecular weight is 335 g/mol. The number of allylic oxidation sites excluding steroid dienone is 2. The van der Waals surface area contributed by atoms with E-state index < -0.39 is 0 Å². The van der Waals surface area contributed by atoms with Crippen LogP contribution in [0.3, 0.4) is 0 Å². The molecule has 0 aromatic rings. The van der Waals surface area contributed by atoms with Crippen molar-refractivity contribution in [2.24, 2.45) is 23.0 Å². The summed E-state index contributed by atoms with van der Waals surface area (Å²) in [6.45, 7) is 21.6. The molecule has 0 radical (unpaired) electrons. The standard InChI is InChI=1S/C22H42N2/c1-9-13-22(8,10-2)21-17(5)11-12-20(14-18(6)16(3)4)24(21)19(7)15-23/h12,16,18-19,21H,5,9-11,13-15,23H2,1-4,6-8H3. The normalized spacial score (nSPS) is 23.9. The molecule has 1 rings (SSSR count). The third-order valence-corrected chi connectivity index (χ3v) is 6.37. The molecule has 2 heteroatoms. The predicted octanol–water partition coefficient (Wildman–Crippen LogP) is 5.75. The van der Waals surface area contributed by atoms with E-state index in [1.807, 2.05) is 0 Å². The topological polar surface area (TPSA) is 29.3 Å². The fourth-order valence-electron chi connectivity index (χ4n) is 4.14. The van der Waals surface area contributed by atoms with Gasteiger partial charge in [0, 0.05) is 18.3 Å². The van der Waals surface area contributed by atoms with Gasteiger partial charge in [0.1, 0.15) is 0 Å². The molecule has 4 atom stereocenters. The Kier molecular flexibility index (Phi) is 8.05. The Balaban J connectivity index is 3.25. The van der Waals surface area contributed by atoms with Gasteiger partial charge in [-0.25, -0.2) is 0 Å². The Labute approximate surface area is 151 Å². The first-order valence-electron chi connectivity index (χ1n) is 10.1. The van der Waals surface area contributed by atoms with E-state index in [2.05, 4.69) is 66.0 Å². The minimum Gasteiger partial charge on any atom is -0.364 e. The van der Waals surface area contributed by atoms with Gasteiger partial charge in [0.2, 0.25) is 0 Å². The summed E-state index contributed by atoms with van der Waals surface area (Å²) >= 11 is 0. The summed E-state index contributed by atoms with van der Waals surface area (Å²) in [5, 5.41) is 0. The summed E-state index contributed by atoms with van der Waals surface area (Å²) in [7, 11) is 0. The van der Waals surface area contributed by atoms with E-state index >= 15 is 0 Å². The van der Waals surface area contributed by atoms with E-state index in [0.717, 1.165) is 12.8 Å². The molecule has 0 fully saturated rings. The molecule has 0 spiro atoms. The SMILES string of the molecule is C=C1CC=C(CC(C)C(C)C)N(C(C)CN)C1C(C)(CC)CCC. The maximum atomic E-state index is 6.12. The van der Waals surface area contributed by atoms with Crippen LogP contribution in [0.2, 0.25) is 0 Å². The zero-order valence-corrected chi connectivity index (χ0v) is 17.4. The highest BCUT2D eigenvalue weighted by Crippen LogP contribution is 2.44. The molecular weight excluding hydrogens is 292 g/mol. The molecule has 0 amide bonds. The minimum atomic E-state index is 0.274. The van der Waals surface area contributed by atoms with Gasteiger partial charge in [0.15, 0.2) is 0 Å². The molecule has 0 aromatic heterocycles. The van der Waals surface area contributed by atoms with Crippen molar-refractivity contribution in [1.82, 2.24) is 4.90 Å². The monoisotopic (exact) mass is 334 g/mol. The van der Waals surface area contributed by atoms with Gasteiger partial charge in [-0.3, -0.25) is 0 Å². The summed E-state index contributed by atoms with van der Waals surface area (Å²) in [6, 6.07) is 0.778. The second kappa shape index (κ2) is 9.08. The molecule has 0 saturated heterocycles. The van der Waals surface area contributed by atoms with Gasteiger partial charge in [0.05, 0.1) is 6.04 Å². The highest BCUT2D eigenvalue weighted by atomic mass is 15.2. The zero-order valence-electron chi connectivity index (χ0n) is 17.4. The summed E-state index contributed by atoms with van der Waals surface area (Å²) in [6.07, 6.45) is 8.25. The van der Waals surface area contributed by atoms with Crippen molar-refractivity contribution in [3.05, 3.63) is 23.9 Å². The van der Waals surface area contributed by atoms with Crippen molar-refractivity contribution in [3.63, 3.8) is 0 Å². The van der Waals surface area contributed by atoms with E-state index in [4.69, 9.17) is 5.73 Å². The Bertz CT molecular complexity index is 437. The van der Waals surface area contributed by atoms with Crippen molar-refractivity contribution in [2.75, 3.05) is 6.54 Å². The van der Waals surface area contributed by atoms with Gasteiger partial charge in [-0.05, 0) is 49.9 Å². The minimum absolute atomic E-state index is 0.274. The molecule has 4 unspecified atom stereocenters. The fraction of sp³-hybridized carbons (Fsp3) is 0.818. The third-order valence-electron chi connectivity index (χ3n) is 6.37. The van der Waals surface area contributed by atoms with Crippen LogP contribution in [0.5, 0.6) is 0 Å². The first kappa shape index (κ1) is 21.3. The van der Waals surface area contributed by atoms with Gasteiger partial charge in [-0.15, -0.1) is 0 Å². The molecule has 24 heavy (non-hydrogen) atoms. The number of nitrogens with two attached hydrogens (primary N) is 1. The van der Waals surface area contributed by atoms with Crippen molar-refractivity contribution in [2.45, 2.75) is 92.7 Å². The van der Waals surface area contributed by atoms with Gasteiger partial charge < -0.3 is 10.6 Å². The smallest absolute Gasteiger partial charge is 0.0556 e. The largest absolute Gasteiger partial charge is 0.364 e. The highest BCUT2D eigenvalue weighted by molar-refractivity contribution is 5.26. The Morgan fingerprint density at radius 3 is 2.38 bits per heavy atom. The fourth-order valence-corrected chi connectivity index (χ4v) is 4.14. The number of rotatable bonds is 9. The second-order valence-corrected chi connectivity index (χ2v) is 8.64. The number of hydrogen-bond acceptors (Lipinski definition) is 2. The molecule has 0 aliphatic carbocycles. The molecule has 0 aromatic carbocycles. The van der Waals surface area contributed by atoms with Crippen LogP contribution in [0, 0.1) is 17.3 Å². The molecular formula is C22H42N2. The van der Waals surface area contributed by atoms with Crippen LogP contribution in [0.1, 0.15) is 80.6 Å².